The summed E-state index contributed by atoms with van der Waals surface area (Å²) in [5.74, 6) is 3.66. The summed E-state index contributed by atoms with van der Waals surface area (Å²) in [6, 6.07) is 14.6. The van der Waals surface area contributed by atoms with Crippen molar-refractivity contribution < 1.29 is 4.74 Å². The van der Waals surface area contributed by atoms with E-state index in [0.717, 1.165) is 42.1 Å². The number of ether oxygens (including phenoxy) is 1. The number of unbranched alkanes of at least 4 members (excludes halogenated alkanes) is 21. The maximum atomic E-state index is 6.09. The highest BCUT2D eigenvalue weighted by molar-refractivity contribution is 8.76. The van der Waals surface area contributed by atoms with E-state index < -0.39 is 0 Å². The molecule has 0 aliphatic carbocycles. The van der Waals surface area contributed by atoms with E-state index in [4.69, 9.17) is 4.74 Å². The highest BCUT2D eigenvalue weighted by atomic mass is 33.1. The first kappa shape index (κ1) is 42.7. The van der Waals surface area contributed by atoms with Gasteiger partial charge in [-0.2, -0.15) is 10.2 Å². The van der Waals surface area contributed by atoms with Crippen molar-refractivity contribution in [3.63, 3.8) is 0 Å². The molecule has 272 valence electrons. The summed E-state index contributed by atoms with van der Waals surface area (Å²) in [5, 5.41) is 8.91. The maximum Gasteiger partial charge on any atom is 0.122 e. The molecule has 0 amide bonds. The van der Waals surface area contributed by atoms with Crippen molar-refractivity contribution in [1.82, 2.24) is 0 Å². The molecule has 0 radical (unpaired) electrons. The van der Waals surface area contributed by atoms with Gasteiger partial charge in [0, 0.05) is 11.5 Å². The first-order chi connectivity index (χ1) is 23.7. The van der Waals surface area contributed by atoms with Gasteiger partial charge in [-0.15, -0.1) is 0 Å². The molecule has 0 N–H and O–H groups in total. The van der Waals surface area contributed by atoms with Crippen LogP contribution in [0.3, 0.4) is 0 Å². The molecule has 3 nitrogen and oxygen atoms in total. The molecule has 0 saturated heterocycles. The van der Waals surface area contributed by atoms with Crippen molar-refractivity contribution in [2.75, 3.05) is 18.1 Å². The summed E-state index contributed by atoms with van der Waals surface area (Å²) >= 11 is 0. The zero-order valence-electron chi connectivity index (χ0n) is 31.5. The van der Waals surface area contributed by atoms with Crippen LogP contribution in [0.2, 0.25) is 0 Å². The third kappa shape index (κ3) is 23.8. The minimum atomic E-state index is 0.794. The predicted molar refractivity (Wildman–Crippen MR) is 218 cm³/mol. The van der Waals surface area contributed by atoms with E-state index >= 15 is 0 Å². The summed E-state index contributed by atoms with van der Waals surface area (Å²) in [7, 11) is 4.23. The smallest absolute Gasteiger partial charge is 0.122 e. The number of aryl methyl sites for hydroxylation is 2. The van der Waals surface area contributed by atoms with Crippen LogP contribution in [0.1, 0.15) is 179 Å². The Bertz CT molecular complexity index is 1030. The minimum Gasteiger partial charge on any atom is -0.493 e. The van der Waals surface area contributed by atoms with E-state index in [1.807, 2.05) is 12.1 Å². The van der Waals surface area contributed by atoms with Gasteiger partial charge in [0.1, 0.15) is 5.75 Å². The Morgan fingerprint density at radius 3 is 1.44 bits per heavy atom. The molecule has 0 aromatic heterocycles. The Morgan fingerprint density at radius 1 is 0.479 bits per heavy atom. The quantitative estimate of drug-likeness (QED) is 0.0423. The lowest BCUT2D eigenvalue weighted by Crippen LogP contribution is -1.98. The topological polar surface area (TPSA) is 34.0 Å². The van der Waals surface area contributed by atoms with Gasteiger partial charge in [-0.3, -0.25) is 0 Å². The number of hydrogen-bond acceptors (Lipinski definition) is 5. The summed E-state index contributed by atoms with van der Waals surface area (Å²) in [6.45, 7) is 7.45. The Kier molecular flexibility index (Phi) is 28.0. The molecule has 0 bridgehead atoms. The molecule has 2 aromatic rings. The number of hydrogen-bond donors (Lipinski definition) is 0. The standard InChI is InChI=1S/C43H72N2OS2/c1-4-6-8-10-11-12-16-19-22-26-36-47-48-37-27-23-20-17-14-13-15-18-21-25-35-46-43-34-33-42(38-39(43)3)45-44-41-31-29-40(30-32-41)28-24-9-7-5-2/h29-34,38H,4-28,35-37H2,1-3H3. The summed E-state index contributed by atoms with van der Waals surface area (Å²) in [4.78, 5) is 0. The average Bonchev–Trinajstić information content (AvgIpc) is 3.10. The Hall–Kier alpha value is -1.46. The predicted octanol–water partition coefficient (Wildman–Crippen LogP) is 16.1. The molecule has 48 heavy (non-hydrogen) atoms. The van der Waals surface area contributed by atoms with E-state index in [1.165, 1.54) is 165 Å². The fraction of sp³-hybridized carbons (Fsp3) is 0.721. The molecule has 5 heteroatoms. The average molecular weight is 697 g/mol. The van der Waals surface area contributed by atoms with E-state index in [9.17, 15) is 0 Å². The molecule has 2 aromatic carbocycles. The third-order valence-electron chi connectivity index (χ3n) is 9.24. The summed E-state index contributed by atoms with van der Waals surface area (Å²) < 4.78 is 6.09. The molecular weight excluding hydrogens is 625 g/mol. The molecule has 0 spiro atoms. The van der Waals surface area contributed by atoms with Gasteiger partial charge in [0.25, 0.3) is 0 Å². The molecular formula is C43H72N2OS2. The summed E-state index contributed by atoms with van der Waals surface area (Å²) in [6.07, 6.45) is 34.3. The van der Waals surface area contributed by atoms with Crippen molar-refractivity contribution in [2.45, 2.75) is 181 Å². The largest absolute Gasteiger partial charge is 0.493 e. The van der Waals surface area contributed by atoms with Gasteiger partial charge in [0.2, 0.25) is 0 Å². The molecule has 0 fully saturated rings. The Morgan fingerprint density at radius 2 is 0.917 bits per heavy atom. The lowest BCUT2D eigenvalue weighted by molar-refractivity contribution is 0.302. The fourth-order valence-electron chi connectivity index (χ4n) is 6.08. The Labute approximate surface area is 305 Å². The van der Waals surface area contributed by atoms with E-state index in [-0.39, 0.29) is 0 Å². The van der Waals surface area contributed by atoms with E-state index in [0.29, 0.717) is 0 Å². The highest BCUT2D eigenvalue weighted by Gasteiger charge is 2.02. The lowest BCUT2D eigenvalue weighted by Gasteiger charge is -2.09. The normalized spacial score (nSPS) is 11.6. The first-order valence-corrected chi connectivity index (χ1v) is 22.7. The van der Waals surface area contributed by atoms with Gasteiger partial charge in [-0.25, -0.2) is 0 Å². The number of azo groups is 1. The fourth-order valence-corrected chi connectivity index (χ4v) is 8.38. The molecule has 0 aliphatic heterocycles. The van der Waals surface area contributed by atoms with Crippen LogP contribution >= 0.6 is 21.6 Å². The lowest BCUT2D eigenvalue weighted by atomic mass is 10.1. The van der Waals surface area contributed by atoms with Gasteiger partial charge in [-0.05, 0) is 80.5 Å². The van der Waals surface area contributed by atoms with Gasteiger partial charge >= 0.3 is 0 Å². The SMILES string of the molecule is CCCCCCCCCCCCSSCCCCCCCCCCCCOc1ccc(N=Nc2ccc(CCCCCC)cc2)cc1C. The second-order valence-corrected chi connectivity index (χ2v) is 16.5. The van der Waals surface area contributed by atoms with Crippen LogP contribution in [0.15, 0.2) is 52.7 Å². The first-order valence-electron chi connectivity index (χ1n) is 20.2. The van der Waals surface area contributed by atoms with Crippen molar-refractivity contribution >= 4 is 33.0 Å². The van der Waals surface area contributed by atoms with E-state index in [2.05, 4.69) is 82.9 Å². The van der Waals surface area contributed by atoms with Crippen LogP contribution < -0.4 is 4.74 Å². The van der Waals surface area contributed by atoms with Crippen molar-refractivity contribution in [3.05, 3.63) is 53.6 Å². The number of rotatable bonds is 33. The van der Waals surface area contributed by atoms with Gasteiger partial charge in [0.15, 0.2) is 0 Å². The van der Waals surface area contributed by atoms with Crippen molar-refractivity contribution in [3.8, 4) is 5.75 Å². The van der Waals surface area contributed by atoms with Crippen molar-refractivity contribution in [1.29, 1.82) is 0 Å². The molecule has 0 aliphatic rings. The van der Waals surface area contributed by atoms with Crippen LogP contribution in [0.5, 0.6) is 5.75 Å². The number of nitrogens with zero attached hydrogens (tertiary/aromatic N) is 2. The van der Waals surface area contributed by atoms with Gasteiger partial charge in [0.05, 0.1) is 18.0 Å². The van der Waals surface area contributed by atoms with Crippen molar-refractivity contribution in [2.24, 2.45) is 10.2 Å². The minimum absolute atomic E-state index is 0.794. The summed E-state index contributed by atoms with van der Waals surface area (Å²) in [5.41, 5.74) is 4.28. The molecule has 0 saturated carbocycles. The zero-order valence-corrected chi connectivity index (χ0v) is 33.1. The van der Waals surface area contributed by atoms with Crippen LogP contribution in [-0.2, 0) is 6.42 Å². The molecule has 0 atom stereocenters. The zero-order chi connectivity index (χ0) is 34.2. The maximum absolute atomic E-state index is 6.09. The van der Waals surface area contributed by atoms with Crippen LogP contribution in [-0.4, -0.2) is 18.1 Å². The van der Waals surface area contributed by atoms with Crippen LogP contribution in [0.25, 0.3) is 0 Å². The van der Waals surface area contributed by atoms with Gasteiger partial charge < -0.3 is 4.74 Å². The monoisotopic (exact) mass is 697 g/mol. The third-order valence-corrected chi connectivity index (χ3v) is 11.8. The second-order valence-electron chi connectivity index (χ2n) is 13.8. The number of benzene rings is 2. The second kappa shape index (κ2) is 31.5. The molecule has 0 heterocycles. The van der Waals surface area contributed by atoms with Gasteiger partial charge in [-0.1, -0.05) is 176 Å². The van der Waals surface area contributed by atoms with Crippen LogP contribution in [0.4, 0.5) is 11.4 Å². The highest BCUT2D eigenvalue weighted by Crippen LogP contribution is 2.27. The molecule has 2 rings (SSSR count). The van der Waals surface area contributed by atoms with E-state index in [1.54, 1.807) is 0 Å². The molecule has 0 unspecified atom stereocenters. The Balaban J connectivity index is 1.36. The van der Waals surface area contributed by atoms with Crippen LogP contribution in [0, 0.1) is 6.92 Å².